The number of amides is 1. The van der Waals surface area contributed by atoms with Gasteiger partial charge in [-0.1, -0.05) is 12.1 Å². The molecule has 1 amide bonds. The second-order valence-corrected chi connectivity index (χ2v) is 6.53. The maximum absolute atomic E-state index is 12.6. The molecule has 0 bridgehead atoms. The minimum Gasteiger partial charge on any atom is -0.494 e. The third-order valence-corrected chi connectivity index (χ3v) is 4.62. The molecule has 0 aromatic heterocycles. The first-order valence-electron chi connectivity index (χ1n) is 8.96. The van der Waals surface area contributed by atoms with Crippen molar-refractivity contribution in [1.82, 2.24) is 4.90 Å². The summed E-state index contributed by atoms with van der Waals surface area (Å²) >= 11 is 0. The molecule has 2 aliphatic rings. The van der Waals surface area contributed by atoms with Crippen molar-refractivity contribution in [3.8, 4) is 5.75 Å². The molecular formula is C19H27NO4. The molecule has 0 N–H and O–H groups in total. The Morgan fingerprint density at radius 1 is 1.29 bits per heavy atom. The monoisotopic (exact) mass is 333 g/mol. The highest BCUT2D eigenvalue weighted by molar-refractivity contribution is 5.76. The number of carbonyl (C=O) groups excluding carboxylic acids is 1. The van der Waals surface area contributed by atoms with Crippen molar-refractivity contribution < 1.29 is 19.0 Å². The molecule has 0 spiro atoms. The van der Waals surface area contributed by atoms with Gasteiger partial charge in [0.05, 0.1) is 25.9 Å². The zero-order valence-corrected chi connectivity index (χ0v) is 14.4. The molecule has 1 unspecified atom stereocenters. The molecule has 24 heavy (non-hydrogen) atoms. The number of hydrogen-bond acceptors (Lipinski definition) is 4. The number of nitrogens with zero attached hydrogens (tertiary/aromatic N) is 1. The highest BCUT2D eigenvalue weighted by Gasteiger charge is 2.35. The van der Waals surface area contributed by atoms with Gasteiger partial charge in [-0.15, -0.1) is 0 Å². The van der Waals surface area contributed by atoms with E-state index in [2.05, 4.69) is 0 Å². The van der Waals surface area contributed by atoms with Crippen LogP contribution in [0.25, 0.3) is 0 Å². The van der Waals surface area contributed by atoms with Crippen LogP contribution < -0.4 is 4.74 Å². The van der Waals surface area contributed by atoms with Gasteiger partial charge in [-0.2, -0.15) is 0 Å². The third kappa shape index (κ3) is 4.48. The molecule has 2 fully saturated rings. The number of benzene rings is 1. The largest absolute Gasteiger partial charge is 0.494 e. The number of carbonyl (C=O) groups is 1. The van der Waals surface area contributed by atoms with Crippen molar-refractivity contribution in [2.45, 2.75) is 51.4 Å². The number of likely N-dealkylation sites (tertiary alicyclic amines) is 1. The fraction of sp³-hybridized carbons (Fsp3) is 0.632. The fourth-order valence-electron chi connectivity index (χ4n) is 3.41. The highest BCUT2D eigenvalue weighted by Crippen LogP contribution is 2.25. The van der Waals surface area contributed by atoms with Gasteiger partial charge in [-0.3, -0.25) is 4.79 Å². The SMILES string of the molecule is Cc1cccc(OCCCC(=O)N2CCCCC2C2OCCO2)c1. The number of aryl methyl sites for hydroxylation is 1. The lowest BCUT2D eigenvalue weighted by Crippen LogP contribution is -2.50. The zero-order chi connectivity index (χ0) is 16.8. The van der Waals surface area contributed by atoms with E-state index in [1.165, 1.54) is 5.56 Å². The molecule has 0 radical (unpaired) electrons. The van der Waals surface area contributed by atoms with Crippen LogP contribution in [0.1, 0.15) is 37.7 Å². The molecule has 1 aromatic carbocycles. The molecule has 1 aromatic rings. The molecule has 1 atom stereocenters. The van der Waals surface area contributed by atoms with Crippen LogP contribution in [0.5, 0.6) is 5.75 Å². The Morgan fingerprint density at radius 2 is 2.12 bits per heavy atom. The summed E-state index contributed by atoms with van der Waals surface area (Å²) in [4.78, 5) is 14.6. The van der Waals surface area contributed by atoms with Gasteiger partial charge < -0.3 is 19.1 Å². The second-order valence-electron chi connectivity index (χ2n) is 6.53. The molecule has 2 aliphatic heterocycles. The van der Waals surface area contributed by atoms with Crippen molar-refractivity contribution in [3.05, 3.63) is 29.8 Å². The molecule has 5 heteroatoms. The van der Waals surface area contributed by atoms with E-state index in [0.29, 0.717) is 26.2 Å². The predicted octanol–water partition coefficient (Wildman–Crippen LogP) is 2.91. The van der Waals surface area contributed by atoms with E-state index >= 15 is 0 Å². The Labute approximate surface area is 143 Å². The first-order valence-corrected chi connectivity index (χ1v) is 8.96. The van der Waals surface area contributed by atoms with Crippen molar-refractivity contribution in [2.75, 3.05) is 26.4 Å². The summed E-state index contributed by atoms with van der Waals surface area (Å²) in [5.41, 5.74) is 1.18. The topological polar surface area (TPSA) is 48.0 Å². The van der Waals surface area contributed by atoms with E-state index in [9.17, 15) is 4.79 Å². The summed E-state index contributed by atoms with van der Waals surface area (Å²) in [6, 6.07) is 8.06. The summed E-state index contributed by atoms with van der Waals surface area (Å²) < 4.78 is 17.0. The first-order chi connectivity index (χ1) is 11.7. The van der Waals surface area contributed by atoms with Crippen molar-refractivity contribution in [3.63, 3.8) is 0 Å². The quantitative estimate of drug-likeness (QED) is 0.751. The standard InChI is InChI=1S/C19H27NO4/c1-15-6-4-7-16(14-15)22-11-5-9-18(21)20-10-3-2-8-17(20)19-23-12-13-24-19/h4,6-7,14,17,19H,2-3,5,8-13H2,1H3. The third-order valence-electron chi connectivity index (χ3n) is 4.62. The predicted molar refractivity (Wildman–Crippen MR) is 91.0 cm³/mol. The van der Waals surface area contributed by atoms with Gasteiger partial charge in [-0.05, 0) is 50.3 Å². The minimum atomic E-state index is -0.238. The Bertz CT molecular complexity index is 542. The molecule has 0 aliphatic carbocycles. The summed E-state index contributed by atoms with van der Waals surface area (Å²) in [6.07, 6.45) is 4.16. The van der Waals surface area contributed by atoms with Crippen molar-refractivity contribution in [2.24, 2.45) is 0 Å². The van der Waals surface area contributed by atoms with E-state index < -0.39 is 0 Å². The van der Waals surface area contributed by atoms with Gasteiger partial charge >= 0.3 is 0 Å². The van der Waals surface area contributed by atoms with Crippen LogP contribution in [0, 0.1) is 6.92 Å². The molecule has 2 saturated heterocycles. The summed E-state index contributed by atoms with van der Waals surface area (Å²) in [5.74, 6) is 1.05. The molecule has 5 nitrogen and oxygen atoms in total. The number of rotatable bonds is 6. The Morgan fingerprint density at radius 3 is 2.92 bits per heavy atom. The lowest BCUT2D eigenvalue weighted by Gasteiger charge is -2.38. The lowest BCUT2D eigenvalue weighted by atomic mass is 10.0. The van der Waals surface area contributed by atoms with Crippen LogP contribution in [0.2, 0.25) is 0 Å². The number of piperidine rings is 1. The van der Waals surface area contributed by atoms with Crippen LogP contribution in [-0.4, -0.2) is 49.5 Å². The molecule has 0 saturated carbocycles. The van der Waals surface area contributed by atoms with Crippen LogP contribution in [-0.2, 0) is 14.3 Å². The smallest absolute Gasteiger partial charge is 0.223 e. The Hall–Kier alpha value is -1.59. The first kappa shape index (κ1) is 17.2. The van der Waals surface area contributed by atoms with Crippen molar-refractivity contribution >= 4 is 5.91 Å². The van der Waals surface area contributed by atoms with E-state index in [-0.39, 0.29) is 18.2 Å². The van der Waals surface area contributed by atoms with E-state index in [1.807, 2.05) is 36.1 Å². The van der Waals surface area contributed by atoms with Gasteiger partial charge in [-0.25, -0.2) is 0 Å². The maximum atomic E-state index is 12.6. The summed E-state index contributed by atoms with van der Waals surface area (Å²) in [5, 5.41) is 0. The number of ether oxygens (including phenoxy) is 3. The number of hydrogen-bond donors (Lipinski definition) is 0. The Balaban J connectivity index is 1.44. The average Bonchev–Trinajstić information content (AvgIpc) is 3.13. The summed E-state index contributed by atoms with van der Waals surface area (Å²) in [6.45, 7) is 4.68. The van der Waals surface area contributed by atoms with Gasteiger partial charge in [0.2, 0.25) is 5.91 Å². The van der Waals surface area contributed by atoms with E-state index in [4.69, 9.17) is 14.2 Å². The molecular weight excluding hydrogens is 306 g/mol. The Kier molecular flexibility index (Phi) is 6.10. The van der Waals surface area contributed by atoms with E-state index in [0.717, 1.165) is 38.0 Å². The molecule has 3 rings (SSSR count). The van der Waals surface area contributed by atoms with Crippen molar-refractivity contribution in [1.29, 1.82) is 0 Å². The summed E-state index contributed by atoms with van der Waals surface area (Å²) in [7, 11) is 0. The van der Waals surface area contributed by atoms with Gasteiger partial charge in [0.25, 0.3) is 0 Å². The second kappa shape index (κ2) is 8.49. The van der Waals surface area contributed by atoms with Gasteiger partial charge in [0.1, 0.15) is 5.75 Å². The van der Waals surface area contributed by atoms with Crippen LogP contribution >= 0.6 is 0 Å². The maximum Gasteiger partial charge on any atom is 0.223 e. The fourth-order valence-corrected chi connectivity index (χ4v) is 3.41. The van der Waals surface area contributed by atoms with Gasteiger partial charge in [0, 0.05) is 13.0 Å². The molecule has 2 heterocycles. The highest BCUT2D eigenvalue weighted by atomic mass is 16.7. The lowest BCUT2D eigenvalue weighted by molar-refractivity contribution is -0.150. The normalized spacial score (nSPS) is 21.9. The van der Waals surface area contributed by atoms with Gasteiger partial charge in [0.15, 0.2) is 6.29 Å². The van der Waals surface area contributed by atoms with Crippen LogP contribution in [0.15, 0.2) is 24.3 Å². The van der Waals surface area contributed by atoms with Crippen LogP contribution in [0.4, 0.5) is 0 Å². The van der Waals surface area contributed by atoms with E-state index in [1.54, 1.807) is 0 Å². The zero-order valence-electron chi connectivity index (χ0n) is 14.4. The molecule has 132 valence electrons. The minimum absolute atomic E-state index is 0.0754. The van der Waals surface area contributed by atoms with Crippen LogP contribution in [0.3, 0.4) is 0 Å². The average molecular weight is 333 g/mol.